The number of carbonyl (C=O) groups excluding carboxylic acids is 1. The third-order valence-corrected chi connectivity index (χ3v) is 4.61. The largest absolute Gasteiger partial charge is 0.337 e. The molecule has 0 radical (unpaired) electrons. The minimum absolute atomic E-state index is 0. The summed E-state index contributed by atoms with van der Waals surface area (Å²) >= 11 is 3.41. The van der Waals surface area contributed by atoms with E-state index in [2.05, 4.69) is 26.3 Å². The minimum Gasteiger partial charge on any atom is -0.337 e. The standard InChI is InChI=1S/C16H18BrFN4O.ClH/c1-19-8-11-6-7-21(9-11)16(23)15-14(17)10-22(20-15)13-4-2-12(18)3-5-13;/h2-5,10-11,19H,6-9H2,1H3;1H. The summed E-state index contributed by atoms with van der Waals surface area (Å²) in [7, 11) is 1.92. The van der Waals surface area contributed by atoms with Gasteiger partial charge in [0.1, 0.15) is 5.82 Å². The van der Waals surface area contributed by atoms with E-state index in [1.54, 1.807) is 23.0 Å². The van der Waals surface area contributed by atoms with Gasteiger partial charge in [-0.15, -0.1) is 12.4 Å². The highest BCUT2D eigenvalue weighted by atomic mass is 79.9. The predicted molar refractivity (Wildman–Crippen MR) is 96.4 cm³/mol. The predicted octanol–water partition coefficient (Wildman–Crippen LogP) is 2.88. The van der Waals surface area contributed by atoms with Crippen molar-refractivity contribution in [3.63, 3.8) is 0 Å². The number of hydrogen-bond donors (Lipinski definition) is 1. The van der Waals surface area contributed by atoms with E-state index in [9.17, 15) is 9.18 Å². The molecule has 0 spiro atoms. The van der Waals surface area contributed by atoms with Crippen molar-refractivity contribution in [1.29, 1.82) is 0 Å². The van der Waals surface area contributed by atoms with Gasteiger partial charge in [0.15, 0.2) is 5.69 Å². The number of nitrogens with zero attached hydrogens (tertiary/aromatic N) is 3. The lowest BCUT2D eigenvalue weighted by Gasteiger charge is -2.15. The van der Waals surface area contributed by atoms with Gasteiger partial charge >= 0.3 is 0 Å². The van der Waals surface area contributed by atoms with E-state index in [0.29, 0.717) is 21.8 Å². The molecule has 24 heavy (non-hydrogen) atoms. The van der Waals surface area contributed by atoms with Crippen LogP contribution in [0.2, 0.25) is 0 Å². The highest BCUT2D eigenvalue weighted by molar-refractivity contribution is 9.10. The van der Waals surface area contributed by atoms with Crippen molar-refractivity contribution in [3.8, 4) is 5.69 Å². The van der Waals surface area contributed by atoms with E-state index in [4.69, 9.17) is 0 Å². The number of likely N-dealkylation sites (tertiary alicyclic amines) is 1. The molecule has 1 aromatic heterocycles. The number of hydrogen-bond acceptors (Lipinski definition) is 3. The first-order chi connectivity index (χ1) is 11.1. The van der Waals surface area contributed by atoms with Crippen LogP contribution in [0.3, 0.4) is 0 Å². The lowest BCUT2D eigenvalue weighted by Crippen LogP contribution is -2.31. The third kappa shape index (κ3) is 3.96. The molecule has 2 aromatic rings. The average molecular weight is 418 g/mol. The van der Waals surface area contributed by atoms with E-state index < -0.39 is 0 Å². The minimum atomic E-state index is -0.302. The number of aromatic nitrogens is 2. The third-order valence-electron chi connectivity index (χ3n) is 4.03. The van der Waals surface area contributed by atoms with Crippen molar-refractivity contribution in [2.24, 2.45) is 5.92 Å². The maximum absolute atomic E-state index is 13.0. The number of carbonyl (C=O) groups is 1. The quantitative estimate of drug-likeness (QED) is 0.832. The monoisotopic (exact) mass is 416 g/mol. The van der Waals surface area contributed by atoms with Crippen molar-refractivity contribution >= 4 is 34.2 Å². The van der Waals surface area contributed by atoms with Crippen molar-refractivity contribution in [3.05, 3.63) is 46.4 Å². The molecule has 3 rings (SSSR count). The molecule has 1 fully saturated rings. The highest BCUT2D eigenvalue weighted by Gasteiger charge is 2.29. The van der Waals surface area contributed by atoms with Gasteiger partial charge in [-0.2, -0.15) is 5.10 Å². The first-order valence-electron chi connectivity index (χ1n) is 7.53. The van der Waals surface area contributed by atoms with Crippen molar-refractivity contribution in [1.82, 2.24) is 20.0 Å². The van der Waals surface area contributed by atoms with Gasteiger partial charge in [-0.3, -0.25) is 4.79 Å². The number of rotatable bonds is 4. The fourth-order valence-electron chi connectivity index (χ4n) is 2.85. The van der Waals surface area contributed by atoms with Crippen molar-refractivity contribution < 1.29 is 9.18 Å². The molecule has 8 heteroatoms. The smallest absolute Gasteiger partial charge is 0.275 e. The fourth-order valence-corrected chi connectivity index (χ4v) is 3.29. The summed E-state index contributed by atoms with van der Waals surface area (Å²) in [5, 5.41) is 7.52. The Morgan fingerprint density at radius 3 is 2.79 bits per heavy atom. The molecule has 0 saturated carbocycles. The van der Waals surface area contributed by atoms with Crippen LogP contribution in [-0.2, 0) is 0 Å². The second-order valence-corrected chi connectivity index (χ2v) is 6.56. The Morgan fingerprint density at radius 2 is 2.12 bits per heavy atom. The highest BCUT2D eigenvalue weighted by Crippen LogP contribution is 2.23. The molecule has 5 nitrogen and oxygen atoms in total. The zero-order chi connectivity index (χ0) is 16.4. The molecular formula is C16H19BrClFN4O. The van der Waals surface area contributed by atoms with E-state index >= 15 is 0 Å². The van der Waals surface area contributed by atoms with Crippen LogP contribution in [0.5, 0.6) is 0 Å². The van der Waals surface area contributed by atoms with Crippen LogP contribution >= 0.6 is 28.3 Å². The van der Waals surface area contributed by atoms with E-state index in [0.717, 1.165) is 26.1 Å². The van der Waals surface area contributed by atoms with Gasteiger partial charge in [-0.1, -0.05) is 0 Å². The molecule has 1 unspecified atom stereocenters. The van der Waals surface area contributed by atoms with E-state index in [-0.39, 0.29) is 24.1 Å². The molecule has 0 aliphatic carbocycles. The summed E-state index contributed by atoms with van der Waals surface area (Å²) in [6, 6.07) is 5.99. The Labute approximate surface area is 154 Å². The second-order valence-electron chi connectivity index (χ2n) is 5.71. The first kappa shape index (κ1) is 18.9. The molecule has 1 aliphatic rings. The van der Waals surface area contributed by atoms with Crippen LogP contribution < -0.4 is 5.32 Å². The van der Waals surface area contributed by atoms with Crippen LogP contribution in [0, 0.1) is 11.7 Å². The summed E-state index contributed by atoms with van der Waals surface area (Å²) in [4.78, 5) is 14.5. The lowest BCUT2D eigenvalue weighted by molar-refractivity contribution is 0.0780. The molecule has 1 saturated heterocycles. The van der Waals surface area contributed by atoms with Gasteiger partial charge in [0, 0.05) is 19.3 Å². The fraction of sp³-hybridized carbons (Fsp3) is 0.375. The number of halogens is 3. The molecule has 1 N–H and O–H groups in total. The van der Waals surface area contributed by atoms with E-state index in [1.165, 1.54) is 12.1 Å². The zero-order valence-corrected chi connectivity index (χ0v) is 15.6. The maximum atomic E-state index is 13.0. The Hall–Kier alpha value is -1.44. The Balaban J connectivity index is 0.00000208. The average Bonchev–Trinajstić information content (AvgIpc) is 3.15. The van der Waals surface area contributed by atoms with Gasteiger partial charge in [-0.05, 0) is 66.1 Å². The van der Waals surface area contributed by atoms with Gasteiger partial charge in [0.25, 0.3) is 5.91 Å². The molecule has 130 valence electrons. The zero-order valence-electron chi connectivity index (χ0n) is 13.2. The summed E-state index contributed by atoms with van der Waals surface area (Å²) in [6.45, 7) is 2.41. The molecule has 1 aromatic carbocycles. The molecular weight excluding hydrogens is 399 g/mol. The number of nitrogens with one attached hydrogen (secondary N) is 1. The molecule has 2 heterocycles. The van der Waals surface area contributed by atoms with Gasteiger partial charge in [-0.25, -0.2) is 9.07 Å². The van der Waals surface area contributed by atoms with Gasteiger partial charge in [0.05, 0.1) is 10.2 Å². The van der Waals surface area contributed by atoms with E-state index in [1.807, 2.05) is 11.9 Å². The normalized spacial score (nSPS) is 17.0. The Bertz CT molecular complexity index is 707. The van der Waals surface area contributed by atoms with Gasteiger partial charge in [0.2, 0.25) is 0 Å². The summed E-state index contributed by atoms with van der Waals surface area (Å²) in [5.74, 6) is 0.113. The summed E-state index contributed by atoms with van der Waals surface area (Å²) in [5.41, 5.74) is 1.10. The second kappa shape index (κ2) is 8.09. The van der Waals surface area contributed by atoms with Crippen LogP contribution in [0.25, 0.3) is 5.69 Å². The Kier molecular flexibility index (Phi) is 6.37. The maximum Gasteiger partial charge on any atom is 0.275 e. The van der Waals surface area contributed by atoms with Crippen LogP contribution in [0.1, 0.15) is 16.9 Å². The SMILES string of the molecule is CNCC1CCN(C(=O)c2nn(-c3ccc(F)cc3)cc2Br)C1.Cl. The van der Waals surface area contributed by atoms with Crippen molar-refractivity contribution in [2.45, 2.75) is 6.42 Å². The van der Waals surface area contributed by atoms with Crippen LogP contribution in [0.15, 0.2) is 34.9 Å². The van der Waals surface area contributed by atoms with Crippen LogP contribution in [-0.4, -0.2) is 47.3 Å². The Morgan fingerprint density at radius 1 is 1.42 bits per heavy atom. The molecule has 1 atom stereocenters. The summed E-state index contributed by atoms with van der Waals surface area (Å²) < 4.78 is 15.2. The molecule has 1 aliphatic heterocycles. The van der Waals surface area contributed by atoms with Crippen molar-refractivity contribution in [2.75, 3.05) is 26.7 Å². The molecule has 1 amide bonds. The topological polar surface area (TPSA) is 50.2 Å². The number of amides is 1. The summed E-state index contributed by atoms with van der Waals surface area (Å²) in [6.07, 6.45) is 2.73. The lowest BCUT2D eigenvalue weighted by atomic mass is 10.1. The number of benzene rings is 1. The van der Waals surface area contributed by atoms with Gasteiger partial charge < -0.3 is 10.2 Å². The first-order valence-corrected chi connectivity index (χ1v) is 8.32. The van der Waals surface area contributed by atoms with Crippen LogP contribution in [0.4, 0.5) is 4.39 Å². The molecule has 0 bridgehead atoms.